The monoisotopic (exact) mass is 352 g/mol. The predicted octanol–water partition coefficient (Wildman–Crippen LogP) is 2.75. The smallest absolute Gasteiger partial charge is 0.255 e. The summed E-state index contributed by atoms with van der Waals surface area (Å²) in [5.74, 6) is -0.0814. The summed E-state index contributed by atoms with van der Waals surface area (Å²) in [7, 11) is 6.14. The third-order valence-electron chi connectivity index (χ3n) is 4.86. The minimum Gasteiger partial charge on any atom is -0.378 e. The summed E-state index contributed by atoms with van der Waals surface area (Å²) in [6.45, 7) is 5.44. The van der Waals surface area contributed by atoms with Gasteiger partial charge in [-0.15, -0.1) is 0 Å². The van der Waals surface area contributed by atoms with E-state index in [1.807, 2.05) is 55.4 Å². The zero-order valence-corrected chi connectivity index (χ0v) is 15.9. The summed E-state index contributed by atoms with van der Waals surface area (Å²) in [6, 6.07) is 15.8. The molecule has 1 N–H and O–H groups in total. The number of anilines is 2. The van der Waals surface area contributed by atoms with Gasteiger partial charge in [-0.3, -0.25) is 9.69 Å². The van der Waals surface area contributed by atoms with Gasteiger partial charge in [0.1, 0.15) is 0 Å². The number of carbonyl (C=O) groups is 1. The van der Waals surface area contributed by atoms with E-state index in [1.54, 1.807) is 0 Å². The highest BCUT2D eigenvalue weighted by atomic mass is 16.1. The molecule has 1 amide bonds. The van der Waals surface area contributed by atoms with Crippen LogP contribution >= 0.6 is 0 Å². The quantitative estimate of drug-likeness (QED) is 0.898. The Kier molecular flexibility index (Phi) is 5.91. The maximum absolute atomic E-state index is 12.4. The van der Waals surface area contributed by atoms with Crippen LogP contribution in [0.3, 0.4) is 0 Å². The van der Waals surface area contributed by atoms with Gasteiger partial charge in [0.25, 0.3) is 5.91 Å². The number of rotatable bonds is 5. The molecular weight excluding hydrogens is 324 g/mol. The third kappa shape index (κ3) is 4.84. The van der Waals surface area contributed by atoms with Crippen LogP contribution < -0.4 is 10.2 Å². The van der Waals surface area contributed by atoms with Gasteiger partial charge < -0.3 is 15.1 Å². The van der Waals surface area contributed by atoms with Gasteiger partial charge in [-0.05, 0) is 49.0 Å². The molecule has 5 nitrogen and oxygen atoms in total. The molecule has 5 heteroatoms. The highest BCUT2D eigenvalue weighted by Crippen LogP contribution is 2.16. The average molecular weight is 352 g/mol. The molecule has 2 aromatic carbocycles. The zero-order valence-electron chi connectivity index (χ0n) is 15.9. The van der Waals surface area contributed by atoms with Gasteiger partial charge in [0.05, 0.1) is 0 Å². The van der Waals surface area contributed by atoms with Crippen molar-refractivity contribution in [3.8, 4) is 0 Å². The molecule has 0 atom stereocenters. The van der Waals surface area contributed by atoms with Gasteiger partial charge >= 0.3 is 0 Å². The van der Waals surface area contributed by atoms with Crippen LogP contribution in [0.2, 0.25) is 0 Å². The van der Waals surface area contributed by atoms with E-state index in [-0.39, 0.29) is 5.91 Å². The minimum atomic E-state index is -0.0814. The first-order chi connectivity index (χ1) is 12.5. The molecule has 0 radical (unpaired) electrons. The Morgan fingerprint density at radius 3 is 2.15 bits per heavy atom. The lowest BCUT2D eigenvalue weighted by Gasteiger charge is -2.32. The van der Waals surface area contributed by atoms with Crippen LogP contribution in [0, 0.1) is 0 Å². The summed E-state index contributed by atoms with van der Waals surface area (Å²) in [4.78, 5) is 19.2. The summed E-state index contributed by atoms with van der Waals surface area (Å²) in [6.07, 6.45) is 0. The lowest BCUT2D eigenvalue weighted by atomic mass is 10.1. The molecule has 0 saturated carbocycles. The van der Waals surface area contributed by atoms with Gasteiger partial charge in [0.15, 0.2) is 0 Å². The van der Waals surface area contributed by atoms with E-state index in [4.69, 9.17) is 0 Å². The van der Waals surface area contributed by atoms with Gasteiger partial charge in [-0.25, -0.2) is 0 Å². The van der Waals surface area contributed by atoms with Crippen LogP contribution in [0.5, 0.6) is 0 Å². The van der Waals surface area contributed by atoms with Crippen molar-refractivity contribution in [1.29, 1.82) is 0 Å². The molecule has 3 rings (SSSR count). The number of piperazine rings is 1. The van der Waals surface area contributed by atoms with E-state index < -0.39 is 0 Å². The minimum absolute atomic E-state index is 0.0814. The van der Waals surface area contributed by atoms with Crippen LogP contribution in [0.15, 0.2) is 48.5 Å². The maximum Gasteiger partial charge on any atom is 0.255 e. The molecule has 138 valence electrons. The SMILES string of the molecule is CN1CCN(Cc2ccc(NC(=O)c3ccc(N(C)C)cc3)cc2)CC1. The summed E-state index contributed by atoms with van der Waals surface area (Å²) >= 11 is 0. The fourth-order valence-electron chi connectivity index (χ4n) is 3.07. The fraction of sp³-hybridized carbons (Fsp3) is 0.381. The second kappa shape index (κ2) is 8.34. The van der Waals surface area contributed by atoms with Crippen molar-refractivity contribution in [3.05, 3.63) is 59.7 Å². The molecule has 1 fully saturated rings. The Bertz CT molecular complexity index is 717. The highest BCUT2D eigenvalue weighted by molar-refractivity contribution is 6.04. The maximum atomic E-state index is 12.4. The van der Waals surface area contributed by atoms with Crippen molar-refractivity contribution in [3.63, 3.8) is 0 Å². The molecule has 2 aromatic rings. The number of hydrogen-bond donors (Lipinski definition) is 1. The van der Waals surface area contributed by atoms with Crippen LogP contribution in [-0.4, -0.2) is 63.0 Å². The summed E-state index contributed by atoms with van der Waals surface area (Å²) < 4.78 is 0. The van der Waals surface area contributed by atoms with E-state index >= 15 is 0 Å². The van der Waals surface area contributed by atoms with Crippen LogP contribution in [0.25, 0.3) is 0 Å². The second-order valence-electron chi connectivity index (χ2n) is 7.17. The number of amides is 1. The van der Waals surface area contributed by atoms with E-state index in [0.29, 0.717) is 5.56 Å². The van der Waals surface area contributed by atoms with Gasteiger partial charge in [0, 0.05) is 63.8 Å². The Labute approximate surface area is 156 Å². The number of likely N-dealkylation sites (N-methyl/N-ethyl adjacent to an activating group) is 1. The van der Waals surface area contributed by atoms with Gasteiger partial charge in [-0.2, -0.15) is 0 Å². The Hall–Kier alpha value is -2.37. The van der Waals surface area contributed by atoms with Gasteiger partial charge in [0.2, 0.25) is 0 Å². The third-order valence-corrected chi connectivity index (χ3v) is 4.86. The van der Waals surface area contributed by atoms with Gasteiger partial charge in [-0.1, -0.05) is 12.1 Å². The zero-order chi connectivity index (χ0) is 18.5. The topological polar surface area (TPSA) is 38.8 Å². The highest BCUT2D eigenvalue weighted by Gasteiger charge is 2.14. The number of benzene rings is 2. The number of carbonyl (C=O) groups excluding carboxylic acids is 1. The van der Waals surface area contributed by atoms with Crippen molar-refractivity contribution in [2.45, 2.75) is 6.54 Å². The van der Waals surface area contributed by atoms with Crippen molar-refractivity contribution in [2.75, 3.05) is 57.5 Å². The summed E-state index contributed by atoms with van der Waals surface area (Å²) in [5, 5.41) is 2.97. The predicted molar refractivity (Wildman–Crippen MR) is 108 cm³/mol. The first kappa shape index (κ1) is 18.4. The molecule has 0 unspecified atom stereocenters. The lowest BCUT2D eigenvalue weighted by Crippen LogP contribution is -2.43. The molecule has 1 saturated heterocycles. The Morgan fingerprint density at radius 1 is 0.962 bits per heavy atom. The molecule has 0 spiro atoms. The van der Waals surface area contributed by atoms with Crippen LogP contribution in [0.4, 0.5) is 11.4 Å². The normalized spacial score (nSPS) is 15.7. The number of nitrogens with zero attached hydrogens (tertiary/aromatic N) is 3. The standard InChI is InChI=1S/C21H28N4O/c1-23(2)20-10-6-18(7-11-20)21(26)22-19-8-4-17(5-9-19)16-25-14-12-24(3)13-15-25/h4-11H,12-16H2,1-3H3,(H,22,26). The lowest BCUT2D eigenvalue weighted by molar-refractivity contribution is 0.102. The van der Waals surface area contributed by atoms with Crippen LogP contribution in [-0.2, 0) is 6.54 Å². The van der Waals surface area contributed by atoms with Crippen LogP contribution in [0.1, 0.15) is 15.9 Å². The van der Waals surface area contributed by atoms with E-state index in [1.165, 1.54) is 5.56 Å². The van der Waals surface area contributed by atoms with E-state index in [2.05, 4.69) is 34.3 Å². The first-order valence-corrected chi connectivity index (χ1v) is 9.10. The molecule has 1 aliphatic heterocycles. The Morgan fingerprint density at radius 2 is 1.58 bits per heavy atom. The molecule has 0 bridgehead atoms. The second-order valence-corrected chi connectivity index (χ2v) is 7.17. The van der Waals surface area contributed by atoms with Crippen molar-refractivity contribution in [2.24, 2.45) is 0 Å². The van der Waals surface area contributed by atoms with E-state index in [9.17, 15) is 4.79 Å². The average Bonchev–Trinajstić information content (AvgIpc) is 2.65. The summed E-state index contributed by atoms with van der Waals surface area (Å²) in [5.41, 5.74) is 3.85. The number of hydrogen-bond acceptors (Lipinski definition) is 4. The molecule has 26 heavy (non-hydrogen) atoms. The molecule has 1 aliphatic rings. The van der Waals surface area contributed by atoms with Crippen molar-refractivity contribution in [1.82, 2.24) is 9.80 Å². The fourth-order valence-corrected chi connectivity index (χ4v) is 3.07. The Balaban J connectivity index is 1.55. The molecular formula is C21H28N4O. The van der Waals surface area contributed by atoms with Crippen molar-refractivity contribution >= 4 is 17.3 Å². The molecule has 0 aromatic heterocycles. The largest absolute Gasteiger partial charge is 0.378 e. The molecule has 1 heterocycles. The first-order valence-electron chi connectivity index (χ1n) is 9.10. The molecule has 0 aliphatic carbocycles. The van der Waals surface area contributed by atoms with Crippen molar-refractivity contribution < 1.29 is 4.79 Å². The number of nitrogens with one attached hydrogen (secondary N) is 1. The van der Waals surface area contributed by atoms with E-state index in [0.717, 1.165) is 44.1 Å².